The molecule has 0 aliphatic rings. The number of hydrogen-bond acceptors (Lipinski definition) is 16. The largest absolute Gasteiger partial charge is 0.396 e. The molecule has 4 amide bonds. The van der Waals surface area contributed by atoms with Gasteiger partial charge >= 0.3 is 0 Å². The number of ketones is 2. The van der Waals surface area contributed by atoms with Crippen LogP contribution in [0.5, 0.6) is 0 Å². The molecule has 0 aliphatic heterocycles. The minimum absolute atomic E-state index is 0.0165. The van der Waals surface area contributed by atoms with Gasteiger partial charge in [-0.1, -0.05) is 297 Å². The van der Waals surface area contributed by atoms with E-state index >= 15 is 0 Å². The van der Waals surface area contributed by atoms with E-state index in [1.165, 1.54) is 64.0 Å². The van der Waals surface area contributed by atoms with E-state index in [0.29, 0.717) is 116 Å². The lowest BCUT2D eigenvalue weighted by molar-refractivity contribution is -0.128. The lowest BCUT2D eigenvalue weighted by Crippen LogP contribution is -2.42. The molecular weight excluding hydrogens is 1540 g/mol. The van der Waals surface area contributed by atoms with Crippen molar-refractivity contribution in [3.8, 4) is 0 Å². The van der Waals surface area contributed by atoms with Gasteiger partial charge < -0.3 is 63.7 Å². The van der Waals surface area contributed by atoms with Gasteiger partial charge in [-0.15, -0.1) is 0 Å². The zero-order chi connectivity index (χ0) is 96.0. The minimum atomic E-state index is -2.78. The van der Waals surface area contributed by atoms with Gasteiger partial charge in [0.2, 0.25) is 23.6 Å². The molecule has 1 rings (SSSR count). The number of nitrogens with two attached hydrogens (primary N) is 3. The molecule has 1 aromatic rings. The second kappa shape index (κ2) is 88.1. The summed E-state index contributed by atoms with van der Waals surface area (Å²) in [6, 6.07) is 5.73. The molecule has 0 saturated heterocycles. The molecule has 9 atom stereocenters. The molecule has 121 heavy (non-hydrogen) atoms. The number of rotatable bonds is 53. The predicted molar refractivity (Wildman–Crippen MR) is 521 cm³/mol. The quantitative estimate of drug-likeness (QED) is 0.0289. The third-order valence-corrected chi connectivity index (χ3v) is 23.4. The number of aliphatic hydroxyl groups excluding tert-OH is 3. The lowest BCUT2D eigenvalue weighted by atomic mass is 9.86. The van der Waals surface area contributed by atoms with E-state index in [4.69, 9.17) is 32.5 Å². The molecular formula is C100H208N8O12S. The molecule has 0 spiro atoms. The summed E-state index contributed by atoms with van der Waals surface area (Å²) in [5.74, 6) is 10.4. The molecule has 1 heterocycles. The van der Waals surface area contributed by atoms with Crippen molar-refractivity contribution in [1.82, 2.24) is 26.3 Å². The lowest BCUT2D eigenvalue weighted by Gasteiger charge is -2.23. The molecule has 0 aliphatic carbocycles. The van der Waals surface area contributed by atoms with Crippen LogP contribution in [0.2, 0.25) is 0 Å². The van der Waals surface area contributed by atoms with Crippen LogP contribution in [-0.4, -0.2) is 146 Å². The maximum absolute atomic E-state index is 12.0. The first-order valence-corrected chi connectivity index (χ1v) is 50.3. The van der Waals surface area contributed by atoms with E-state index in [9.17, 15) is 42.3 Å². The summed E-state index contributed by atoms with van der Waals surface area (Å²) >= 11 is 0. The Balaban J connectivity index is -0.000000166. The Bertz CT molecular complexity index is 2550. The molecule has 0 saturated carbocycles. The molecule has 20 nitrogen and oxygen atoms in total. The van der Waals surface area contributed by atoms with Crippen molar-refractivity contribution in [2.75, 3.05) is 71.1 Å². The van der Waals surface area contributed by atoms with E-state index in [1.807, 2.05) is 39.0 Å². The number of unbranched alkanes of at least 4 members (excludes halogenated alkanes) is 3. The topological polar surface area (TPSA) is 357 Å². The first kappa shape index (κ1) is 135. The minimum Gasteiger partial charge on any atom is -0.396 e. The molecule has 0 fully saturated rings. The summed E-state index contributed by atoms with van der Waals surface area (Å²) in [7, 11) is -2.78. The van der Waals surface area contributed by atoms with Gasteiger partial charge in [-0.05, 0) is 180 Å². The number of nitrogens with one attached hydrogen (secondary N) is 4. The predicted octanol–water partition coefficient (Wildman–Crippen LogP) is 20.6. The Labute approximate surface area is 749 Å². The Kier molecular flexibility index (Phi) is 98.3. The average Bonchev–Trinajstić information content (AvgIpc) is 0.901. The van der Waals surface area contributed by atoms with Crippen LogP contribution >= 0.6 is 0 Å². The number of carbonyl (C=O) groups excluding carboxylic acids is 6. The van der Waals surface area contributed by atoms with E-state index in [1.54, 1.807) is 27.0 Å². The van der Waals surface area contributed by atoms with Crippen LogP contribution in [0.25, 0.3) is 0 Å². The Morgan fingerprint density at radius 3 is 1.02 bits per heavy atom. The maximum atomic E-state index is 12.0. The molecule has 14 N–H and O–H groups in total. The van der Waals surface area contributed by atoms with Crippen molar-refractivity contribution >= 4 is 45.0 Å². The van der Waals surface area contributed by atoms with Gasteiger partial charge in [0, 0.05) is 100 Å². The number of nitrogens with zero attached hydrogens (tertiary/aromatic N) is 1. The molecule has 9 unspecified atom stereocenters. The number of Topliss-reactive ketones (excluding diaryl/α,β-unsaturated/α-hetero) is 2. The fourth-order valence-electron chi connectivity index (χ4n) is 12.9. The summed E-state index contributed by atoms with van der Waals surface area (Å²) in [6.45, 7) is 73.1. The van der Waals surface area contributed by atoms with Crippen molar-refractivity contribution in [3.63, 3.8) is 0 Å². The number of aliphatic hydroxyl groups is 4. The van der Waals surface area contributed by atoms with Crippen LogP contribution < -0.4 is 38.5 Å². The first-order valence-electron chi connectivity index (χ1n) is 48.2. The third-order valence-electron chi connectivity index (χ3n) is 22.4. The van der Waals surface area contributed by atoms with Crippen molar-refractivity contribution < 1.29 is 57.6 Å². The maximum Gasteiger partial charge on any atom is 0.223 e. The highest BCUT2D eigenvalue weighted by atomic mass is 32.2. The second-order valence-corrected chi connectivity index (χ2v) is 40.1. The fraction of sp³-hybridized carbons (Fsp3) is 0.890. The smallest absolute Gasteiger partial charge is 0.223 e. The van der Waals surface area contributed by atoms with Gasteiger partial charge in [-0.25, -0.2) is 8.42 Å². The van der Waals surface area contributed by atoms with Gasteiger partial charge in [0.25, 0.3) is 0 Å². The molecule has 726 valence electrons. The highest BCUT2D eigenvalue weighted by Gasteiger charge is 2.26. The van der Waals surface area contributed by atoms with Crippen LogP contribution in [0, 0.1) is 118 Å². The Hall–Kier alpha value is -3.96. The molecule has 0 bridgehead atoms. The summed E-state index contributed by atoms with van der Waals surface area (Å²) in [5.41, 5.74) is 16.4. The molecule has 1 aromatic heterocycles. The first-order chi connectivity index (χ1) is 56.4. The number of sulfone groups is 1. The average molecular weight is 1750 g/mol. The third kappa shape index (κ3) is 87.9. The van der Waals surface area contributed by atoms with Gasteiger partial charge in [0.15, 0.2) is 0 Å². The SMILES string of the molecule is CC(C)C(C)CN.CC(C)C(CO)CO.CCCC(C(=O)CC)C(C)C.CCCC(C(=O)NCC(C)(C)O)C(C)C.CCCC(C(=O)NCCN)C(C)C.CCCC(C(=O)NCCO)C(C)C.CCCC(C(=O)NCc1ccccn1)C(C)C.CCCCC(CCC(C)=O)C(C)C.CCCCC(CCS(C)(=O)=O)C(C)C.CCCCC(CN)C(C)C. The van der Waals surface area contributed by atoms with Gasteiger partial charge in [0.05, 0.1) is 30.2 Å². The van der Waals surface area contributed by atoms with Crippen molar-refractivity contribution in [1.29, 1.82) is 0 Å². The van der Waals surface area contributed by atoms with E-state index < -0.39 is 15.4 Å². The van der Waals surface area contributed by atoms with Crippen molar-refractivity contribution in [3.05, 3.63) is 30.1 Å². The van der Waals surface area contributed by atoms with Crippen molar-refractivity contribution in [2.24, 2.45) is 136 Å². The summed E-state index contributed by atoms with van der Waals surface area (Å²) in [4.78, 5) is 73.3. The molecule has 0 radical (unpaired) electrons. The number of pyridine rings is 1. The van der Waals surface area contributed by atoms with E-state index in [0.717, 1.165) is 132 Å². The second-order valence-electron chi connectivity index (χ2n) is 37.8. The number of carbonyl (C=O) groups is 6. The van der Waals surface area contributed by atoms with Crippen LogP contribution in [0.15, 0.2) is 24.4 Å². The highest BCUT2D eigenvalue weighted by Crippen LogP contribution is 2.26. The number of amides is 4. The van der Waals surface area contributed by atoms with Crippen LogP contribution in [-0.2, 0) is 45.1 Å². The number of hydrogen-bond donors (Lipinski definition) is 11. The Morgan fingerprint density at radius 1 is 0.421 bits per heavy atom. The van der Waals surface area contributed by atoms with Crippen LogP contribution in [0.3, 0.4) is 0 Å². The summed E-state index contributed by atoms with van der Waals surface area (Å²) in [5, 5.41) is 46.4. The summed E-state index contributed by atoms with van der Waals surface area (Å²) < 4.78 is 22.1. The summed E-state index contributed by atoms with van der Waals surface area (Å²) in [6.07, 6.45) is 27.9. The Morgan fingerprint density at radius 2 is 0.769 bits per heavy atom. The van der Waals surface area contributed by atoms with Gasteiger partial charge in [-0.3, -0.25) is 29.0 Å². The highest BCUT2D eigenvalue weighted by molar-refractivity contribution is 7.90. The van der Waals surface area contributed by atoms with Gasteiger partial charge in [-0.2, -0.15) is 0 Å². The molecule has 0 aromatic carbocycles. The standard InChI is InChI=1S/C14H22N2O.C12H25NO2.C12H24O.C11H24O2S.C10H22N2O.C10H21NO2.C10H20O.C9H21N.C6H15N.C6H14O2/c1-4-7-13(11(2)3)14(17)16-10-12-8-5-6-9-15-12;1-6-7-10(9(2)3)11(14)13-8-12(4,5)15;1-5-6-7-12(10(2)3)9-8-11(4)13;1-5-6-7-11(10(2)3)8-9-14(4,12)13;1-4-5-9(8(2)3)10(13)12-7-6-11;1-4-5-9(8(2)3)10(13)11-6-7-12;1-5-7-9(8(3)4)10(11)6-2;1-4-5-6-9(7-10)8(2)3;1-5(2)6(3)4-7;1-5(2)6(3-7)4-8/h5-6,8-9,11,13H,4,7,10H2,1-3H3,(H,16,17);9-10,15H,6-8H2,1-5H3,(H,13,14);10,12H,5-9H2,1-4H3;10-11H,5-9H2,1-4H3;8-9H,4-7,11H2,1-3H3,(H,12,13);8-9,12H,4-7H2,1-3H3,(H,11,13);8-9H,5-7H2,1-4H3;8-9H,4-7,10H2,1-3H3;5-6H,4,7H2,1-3H3;5-8H,3-4H2,1-2H3. The monoisotopic (exact) mass is 1750 g/mol. The molecule has 21 heteroatoms. The number of aromatic nitrogens is 1. The normalized spacial score (nSPS) is 13.4. The van der Waals surface area contributed by atoms with Gasteiger partial charge in [0.1, 0.15) is 21.4 Å². The zero-order valence-electron chi connectivity index (χ0n) is 85.5. The van der Waals surface area contributed by atoms with Crippen LogP contribution in [0.1, 0.15) is 382 Å². The fourth-order valence-corrected chi connectivity index (χ4v) is 13.6. The van der Waals surface area contributed by atoms with E-state index in [2.05, 4.69) is 213 Å². The van der Waals surface area contributed by atoms with Crippen molar-refractivity contribution in [2.45, 2.75) is 388 Å². The van der Waals surface area contributed by atoms with E-state index in [-0.39, 0.29) is 73.0 Å². The zero-order valence-corrected chi connectivity index (χ0v) is 86.4. The van der Waals surface area contributed by atoms with Crippen LogP contribution in [0.4, 0.5) is 0 Å².